The van der Waals surface area contributed by atoms with Gasteiger partial charge in [-0.25, -0.2) is 0 Å². The minimum Gasteiger partial charge on any atom is -0.396 e. The summed E-state index contributed by atoms with van der Waals surface area (Å²) in [5.41, 5.74) is 2.63. The fraction of sp³-hybridized carbons (Fsp3) is 0.538. The van der Waals surface area contributed by atoms with Gasteiger partial charge in [0.15, 0.2) is 0 Å². The van der Waals surface area contributed by atoms with Gasteiger partial charge in [0, 0.05) is 6.61 Å². The van der Waals surface area contributed by atoms with Crippen LogP contribution in [0.3, 0.4) is 0 Å². The standard InChI is InChI=1S/C13H21NO/c1-11-3-5-12(6-4-11)13(8-10-15)7-9-14-2/h3-6,13-15H,7-10H2,1-2H3/t13-/m1/s1. The molecule has 2 N–H and O–H groups in total. The third kappa shape index (κ3) is 4.02. The number of hydrogen-bond donors (Lipinski definition) is 2. The molecule has 0 heterocycles. The van der Waals surface area contributed by atoms with Gasteiger partial charge in [0.25, 0.3) is 0 Å². The molecule has 0 spiro atoms. The van der Waals surface area contributed by atoms with Crippen LogP contribution in [-0.2, 0) is 0 Å². The minimum atomic E-state index is 0.266. The van der Waals surface area contributed by atoms with E-state index < -0.39 is 0 Å². The smallest absolute Gasteiger partial charge is 0.0436 e. The van der Waals surface area contributed by atoms with E-state index >= 15 is 0 Å². The first kappa shape index (κ1) is 12.2. The van der Waals surface area contributed by atoms with Crippen molar-refractivity contribution in [2.45, 2.75) is 25.7 Å². The first-order valence-electron chi connectivity index (χ1n) is 5.60. The van der Waals surface area contributed by atoms with Crippen LogP contribution < -0.4 is 5.32 Å². The Morgan fingerprint density at radius 2 is 1.87 bits per heavy atom. The highest BCUT2D eigenvalue weighted by atomic mass is 16.3. The highest BCUT2D eigenvalue weighted by Crippen LogP contribution is 2.22. The summed E-state index contributed by atoms with van der Waals surface area (Å²) >= 11 is 0. The highest BCUT2D eigenvalue weighted by Gasteiger charge is 2.09. The van der Waals surface area contributed by atoms with Crippen LogP contribution in [-0.4, -0.2) is 25.3 Å². The van der Waals surface area contributed by atoms with E-state index in [1.54, 1.807) is 0 Å². The molecule has 0 fully saturated rings. The maximum atomic E-state index is 9.03. The molecule has 0 radical (unpaired) electrons. The van der Waals surface area contributed by atoms with Gasteiger partial charge in [0.2, 0.25) is 0 Å². The summed E-state index contributed by atoms with van der Waals surface area (Å²) in [5.74, 6) is 0.475. The van der Waals surface area contributed by atoms with Gasteiger partial charge in [0.05, 0.1) is 0 Å². The molecule has 1 rings (SSSR count). The minimum absolute atomic E-state index is 0.266. The summed E-state index contributed by atoms with van der Waals surface area (Å²) in [4.78, 5) is 0. The number of aliphatic hydroxyl groups is 1. The molecule has 0 unspecified atom stereocenters. The molecule has 0 aliphatic rings. The second kappa shape index (κ2) is 6.59. The van der Waals surface area contributed by atoms with Crippen molar-refractivity contribution in [3.05, 3.63) is 35.4 Å². The molecule has 84 valence electrons. The lowest BCUT2D eigenvalue weighted by molar-refractivity contribution is 0.272. The van der Waals surface area contributed by atoms with Crippen LogP contribution in [0.25, 0.3) is 0 Å². The third-order valence-electron chi connectivity index (χ3n) is 2.77. The van der Waals surface area contributed by atoms with E-state index in [1.807, 2.05) is 7.05 Å². The van der Waals surface area contributed by atoms with Gasteiger partial charge in [-0.2, -0.15) is 0 Å². The van der Waals surface area contributed by atoms with Crippen molar-refractivity contribution >= 4 is 0 Å². The van der Waals surface area contributed by atoms with Gasteiger partial charge in [-0.15, -0.1) is 0 Å². The topological polar surface area (TPSA) is 32.3 Å². The van der Waals surface area contributed by atoms with Crippen molar-refractivity contribution in [1.82, 2.24) is 5.32 Å². The van der Waals surface area contributed by atoms with Crippen LogP contribution in [0.5, 0.6) is 0 Å². The molecule has 0 saturated heterocycles. The number of aliphatic hydroxyl groups excluding tert-OH is 1. The molecule has 0 amide bonds. The molecule has 1 aromatic carbocycles. The molecule has 0 aliphatic heterocycles. The van der Waals surface area contributed by atoms with E-state index in [1.165, 1.54) is 11.1 Å². The van der Waals surface area contributed by atoms with Crippen LogP contribution in [0.1, 0.15) is 29.9 Å². The van der Waals surface area contributed by atoms with Crippen LogP contribution in [0.4, 0.5) is 0 Å². The average Bonchev–Trinajstić information content (AvgIpc) is 2.25. The lowest BCUT2D eigenvalue weighted by Crippen LogP contribution is -2.13. The number of nitrogens with one attached hydrogen (secondary N) is 1. The second-order valence-corrected chi connectivity index (χ2v) is 4.01. The summed E-state index contributed by atoms with van der Waals surface area (Å²) in [6, 6.07) is 8.62. The van der Waals surface area contributed by atoms with E-state index in [0.717, 1.165) is 19.4 Å². The number of benzene rings is 1. The van der Waals surface area contributed by atoms with Crippen molar-refractivity contribution in [1.29, 1.82) is 0 Å². The Kier molecular flexibility index (Phi) is 5.37. The van der Waals surface area contributed by atoms with Crippen molar-refractivity contribution < 1.29 is 5.11 Å². The first-order valence-corrected chi connectivity index (χ1v) is 5.60. The van der Waals surface area contributed by atoms with Crippen LogP contribution in [0.15, 0.2) is 24.3 Å². The Balaban J connectivity index is 2.65. The van der Waals surface area contributed by atoms with Gasteiger partial charge in [-0.1, -0.05) is 29.8 Å². The zero-order valence-electron chi connectivity index (χ0n) is 9.66. The van der Waals surface area contributed by atoms with Gasteiger partial charge < -0.3 is 10.4 Å². The molecule has 0 bridgehead atoms. The van der Waals surface area contributed by atoms with E-state index in [9.17, 15) is 0 Å². The van der Waals surface area contributed by atoms with E-state index in [2.05, 4.69) is 36.5 Å². The third-order valence-corrected chi connectivity index (χ3v) is 2.77. The molecule has 0 aliphatic carbocycles. The maximum Gasteiger partial charge on any atom is 0.0436 e. The fourth-order valence-corrected chi connectivity index (χ4v) is 1.79. The number of aryl methyl sites for hydroxylation is 1. The van der Waals surface area contributed by atoms with Crippen molar-refractivity contribution in [2.24, 2.45) is 0 Å². The summed E-state index contributed by atoms with van der Waals surface area (Å²) in [5, 5.41) is 12.2. The number of hydrogen-bond acceptors (Lipinski definition) is 2. The quantitative estimate of drug-likeness (QED) is 0.748. The van der Waals surface area contributed by atoms with E-state index in [4.69, 9.17) is 5.11 Å². The lowest BCUT2D eigenvalue weighted by atomic mass is 9.92. The van der Waals surface area contributed by atoms with Crippen molar-refractivity contribution in [3.8, 4) is 0 Å². The Bertz CT molecular complexity index is 268. The summed E-state index contributed by atoms with van der Waals surface area (Å²) in [6.07, 6.45) is 1.94. The van der Waals surface area contributed by atoms with Gasteiger partial charge in [0.1, 0.15) is 0 Å². The zero-order valence-corrected chi connectivity index (χ0v) is 9.66. The Morgan fingerprint density at radius 3 is 2.40 bits per heavy atom. The lowest BCUT2D eigenvalue weighted by Gasteiger charge is -2.16. The van der Waals surface area contributed by atoms with Crippen LogP contribution in [0, 0.1) is 6.92 Å². The molecular weight excluding hydrogens is 186 g/mol. The molecular formula is C13H21NO. The molecule has 2 nitrogen and oxygen atoms in total. The average molecular weight is 207 g/mol. The molecule has 15 heavy (non-hydrogen) atoms. The van der Waals surface area contributed by atoms with Crippen molar-refractivity contribution in [2.75, 3.05) is 20.2 Å². The molecule has 0 saturated carbocycles. The Hall–Kier alpha value is -0.860. The fourth-order valence-electron chi connectivity index (χ4n) is 1.79. The van der Waals surface area contributed by atoms with E-state index in [-0.39, 0.29) is 6.61 Å². The summed E-state index contributed by atoms with van der Waals surface area (Å²) in [6.45, 7) is 3.36. The largest absolute Gasteiger partial charge is 0.396 e. The van der Waals surface area contributed by atoms with Gasteiger partial charge >= 0.3 is 0 Å². The van der Waals surface area contributed by atoms with Gasteiger partial charge in [-0.05, 0) is 44.8 Å². The Labute approximate surface area is 92.3 Å². The second-order valence-electron chi connectivity index (χ2n) is 4.01. The van der Waals surface area contributed by atoms with Crippen LogP contribution >= 0.6 is 0 Å². The normalized spacial score (nSPS) is 12.7. The predicted octanol–water partition coefficient (Wildman–Crippen LogP) is 2.07. The van der Waals surface area contributed by atoms with Gasteiger partial charge in [-0.3, -0.25) is 0 Å². The molecule has 0 aromatic heterocycles. The molecule has 1 aromatic rings. The van der Waals surface area contributed by atoms with Crippen LogP contribution in [0.2, 0.25) is 0 Å². The highest BCUT2D eigenvalue weighted by molar-refractivity contribution is 5.24. The number of rotatable bonds is 6. The Morgan fingerprint density at radius 1 is 1.20 bits per heavy atom. The summed E-state index contributed by atoms with van der Waals surface area (Å²) in [7, 11) is 1.96. The monoisotopic (exact) mass is 207 g/mol. The first-order chi connectivity index (χ1) is 7.27. The predicted molar refractivity (Wildman–Crippen MR) is 64.2 cm³/mol. The van der Waals surface area contributed by atoms with Crippen molar-refractivity contribution in [3.63, 3.8) is 0 Å². The molecule has 1 atom stereocenters. The zero-order chi connectivity index (χ0) is 11.1. The SMILES string of the molecule is CNCC[C@H](CCO)c1ccc(C)cc1. The summed E-state index contributed by atoms with van der Waals surface area (Å²) < 4.78 is 0. The maximum absolute atomic E-state index is 9.03. The molecule has 2 heteroatoms. The van der Waals surface area contributed by atoms with E-state index in [0.29, 0.717) is 5.92 Å².